The van der Waals surface area contributed by atoms with Crippen molar-refractivity contribution >= 4 is 16.8 Å². The predicted molar refractivity (Wildman–Crippen MR) is 94.5 cm³/mol. The molecule has 3 rings (SSSR count). The van der Waals surface area contributed by atoms with E-state index in [1.807, 2.05) is 11.0 Å². The maximum atomic E-state index is 12.6. The molecule has 1 aliphatic heterocycles. The number of hydrogen-bond donors (Lipinski definition) is 1. The zero-order valence-electron chi connectivity index (χ0n) is 14.2. The molecule has 0 bridgehead atoms. The number of fused-ring (bicyclic) bond motifs is 1. The number of nitrogens with zero attached hydrogens (tertiary/aromatic N) is 2. The molecule has 1 unspecified atom stereocenters. The van der Waals surface area contributed by atoms with Crippen molar-refractivity contribution in [3.63, 3.8) is 0 Å². The van der Waals surface area contributed by atoms with Gasteiger partial charge in [0.25, 0.3) is 0 Å². The summed E-state index contributed by atoms with van der Waals surface area (Å²) in [6, 6.07) is 8.54. The van der Waals surface area contributed by atoms with Gasteiger partial charge in [-0.3, -0.25) is 4.79 Å². The van der Waals surface area contributed by atoms with Gasteiger partial charge in [-0.15, -0.1) is 0 Å². The summed E-state index contributed by atoms with van der Waals surface area (Å²) >= 11 is 0. The van der Waals surface area contributed by atoms with Crippen LogP contribution < -0.4 is 5.73 Å². The highest BCUT2D eigenvalue weighted by Gasteiger charge is 2.21. The van der Waals surface area contributed by atoms with Gasteiger partial charge in [-0.05, 0) is 44.2 Å². The van der Waals surface area contributed by atoms with Gasteiger partial charge in [0.05, 0.1) is 0 Å². The number of nitrogens with two attached hydrogens (primary N) is 1. The van der Waals surface area contributed by atoms with E-state index >= 15 is 0 Å². The van der Waals surface area contributed by atoms with Gasteiger partial charge in [-0.25, -0.2) is 0 Å². The van der Waals surface area contributed by atoms with E-state index in [-0.39, 0.29) is 11.9 Å². The lowest BCUT2D eigenvalue weighted by Crippen LogP contribution is -2.31. The van der Waals surface area contributed by atoms with E-state index < -0.39 is 0 Å². The number of aromatic nitrogens is 1. The Morgan fingerprint density at radius 1 is 1.26 bits per heavy atom. The molecule has 0 spiro atoms. The maximum Gasteiger partial charge on any atom is 0.242 e. The molecule has 2 heterocycles. The van der Waals surface area contributed by atoms with Gasteiger partial charge in [-0.2, -0.15) is 0 Å². The maximum absolute atomic E-state index is 12.6. The van der Waals surface area contributed by atoms with Gasteiger partial charge in [0, 0.05) is 35.7 Å². The first-order chi connectivity index (χ1) is 11.1. The van der Waals surface area contributed by atoms with Crippen LogP contribution in [0.3, 0.4) is 0 Å². The van der Waals surface area contributed by atoms with Crippen molar-refractivity contribution in [2.45, 2.75) is 52.1 Å². The normalized spacial score (nSPS) is 16.2. The number of benzene rings is 1. The number of amides is 1. The van der Waals surface area contributed by atoms with Crippen LogP contribution in [0, 0.1) is 6.92 Å². The van der Waals surface area contributed by atoms with E-state index in [4.69, 9.17) is 5.73 Å². The van der Waals surface area contributed by atoms with Crippen molar-refractivity contribution in [2.75, 3.05) is 13.1 Å². The summed E-state index contributed by atoms with van der Waals surface area (Å²) in [5, 5.41) is 1.24. The smallest absolute Gasteiger partial charge is 0.242 e. The molecule has 1 aromatic carbocycles. The molecule has 2 aromatic rings. The summed E-state index contributed by atoms with van der Waals surface area (Å²) in [6.45, 7) is 6.49. The molecular weight excluding hydrogens is 286 g/mol. The second kappa shape index (κ2) is 6.75. The molecule has 1 saturated heterocycles. The quantitative estimate of drug-likeness (QED) is 0.923. The lowest BCUT2D eigenvalue weighted by atomic mass is 10.0. The van der Waals surface area contributed by atoms with Crippen LogP contribution in [0.4, 0.5) is 0 Å². The molecule has 124 valence electrons. The molecule has 1 aliphatic rings. The minimum Gasteiger partial charge on any atom is -0.341 e. The summed E-state index contributed by atoms with van der Waals surface area (Å²) in [4.78, 5) is 14.6. The number of para-hydroxylation sites is 1. The van der Waals surface area contributed by atoms with Crippen LogP contribution in [0.25, 0.3) is 10.9 Å². The summed E-state index contributed by atoms with van der Waals surface area (Å²) < 4.78 is 2.17. The Balaban J connectivity index is 1.96. The predicted octanol–water partition coefficient (Wildman–Crippen LogP) is 2.85. The van der Waals surface area contributed by atoms with Crippen molar-refractivity contribution in [1.82, 2.24) is 9.47 Å². The number of likely N-dealkylation sites (tertiary alicyclic amines) is 1. The average Bonchev–Trinajstić information content (AvgIpc) is 3.18. The Morgan fingerprint density at radius 2 is 1.96 bits per heavy atom. The molecule has 2 N–H and O–H groups in total. The monoisotopic (exact) mass is 313 g/mol. The summed E-state index contributed by atoms with van der Waals surface area (Å²) in [6.07, 6.45) is 4.10. The van der Waals surface area contributed by atoms with Crippen molar-refractivity contribution in [1.29, 1.82) is 0 Å². The first kappa shape index (κ1) is 16.1. The van der Waals surface area contributed by atoms with Crippen LogP contribution in [-0.4, -0.2) is 34.5 Å². The van der Waals surface area contributed by atoms with E-state index in [9.17, 15) is 4.79 Å². The third-order valence-corrected chi connectivity index (χ3v) is 5.10. The SMILES string of the molecule is CCC(N)Cc1c(C)n(CC(=O)N2CCCC2)c2ccccc12. The zero-order valence-corrected chi connectivity index (χ0v) is 14.2. The van der Waals surface area contributed by atoms with Crippen LogP contribution in [-0.2, 0) is 17.8 Å². The Morgan fingerprint density at radius 3 is 2.65 bits per heavy atom. The molecule has 0 aliphatic carbocycles. The topological polar surface area (TPSA) is 51.3 Å². The van der Waals surface area contributed by atoms with E-state index in [0.717, 1.165) is 44.3 Å². The molecule has 1 amide bonds. The fraction of sp³-hybridized carbons (Fsp3) is 0.526. The number of hydrogen-bond acceptors (Lipinski definition) is 2. The molecule has 4 nitrogen and oxygen atoms in total. The van der Waals surface area contributed by atoms with Crippen molar-refractivity contribution in [2.24, 2.45) is 5.73 Å². The highest BCUT2D eigenvalue weighted by Crippen LogP contribution is 2.27. The molecule has 1 fully saturated rings. The van der Waals surface area contributed by atoms with Crippen molar-refractivity contribution in [3.8, 4) is 0 Å². The lowest BCUT2D eigenvalue weighted by Gasteiger charge is -2.17. The lowest BCUT2D eigenvalue weighted by molar-refractivity contribution is -0.130. The van der Waals surface area contributed by atoms with Gasteiger partial charge in [0.2, 0.25) is 5.91 Å². The summed E-state index contributed by atoms with van der Waals surface area (Å²) in [5.74, 6) is 0.234. The summed E-state index contributed by atoms with van der Waals surface area (Å²) in [5.41, 5.74) is 9.82. The fourth-order valence-electron chi connectivity index (χ4n) is 3.57. The van der Waals surface area contributed by atoms with Gasteiger partial charge >= 0.3 is 0 Å². The van der Waals surface area contributed by atoms with Crippen LogP contribution in [0.2, 0.25) is 0 Å². The van der Waals surface area contributed by atoms with Crippen molar-refractivity contribution < 1.29 is 4.79 Å². The second-order valence-corrected chi connectivity index (χ2v) is 6.63. The zero-order chi connectivity index (χ0) is 16.4. The minimum atomic E-state index is 0.169. The summed E-state index contributed by atoms with van der Waals surface area (Å²) in [7, 11) is 0. The van der Waals surface area contributed by atoms with Gasteiger partial charge in [0.15, 0.2) is 0 Å². The third-order valence-electron chi connectivity index (χ3n) is 5.10. The molecule has 0 radical (unpaired) electrons. The Kier molecular flexibility index (Phi) is 4.71. The van der Waals surface area contributed by atoms with Gasteiger partial charge < -0.3 is 15.2 Å². The Labute approximate surface area is 138 Å². The molecule has 1 aromatic heterocycles. The second-order valence-electron chi connectivity index (χ2n) is 6.63. The largest absolute Gasteiger partial charge is 0.341 e. The molecule has 1 atom stereocenters. The van der Waals surface area contributed by atoms with Crippen LogP contribution in [0.1, 0.15) is 37.4 Å². The molecule has 4 heteroatoms. The number of carbonyl (C=O) groups excluding carboxylic acids is 1. The van der Waals surface area contributed by atoms with E-state index in [1.54, 1.807) is 0 Å². The number of rotatable bonds is 5. The van der Waals surface area contributed by atoms with E-state index in [1.165, 1.54) is 16.6 Å². The van der Waals surface area contributed by atoms with Crippen LogP contribution in [0.5, 0.6) is 0 Å². The molecule has 0 saturated carbocycles. The Bertz CT molecular complexity index is 698. The van der Waals surface area contributed by atoms with Crippen LogP contribution in [0.15, 0.2) is 24.3 Å². The standard InChI is InChI=1S/C19H27N3O/c1-3-15(20)12-17-14(2)22(18-9-5-4-8-16(17)18)13-19(23)21-10-6-7-11-21/h4-5,8-9,15H,3,6-7,10-13,20H2,1-2H3. The fourth-order valence-corrected chi connectivity index (χ4v) is 3.57. The highest BCUT2D eigenvalue weighted by atomic mass is 16.2. The van der Waals surface area contributed by atoms with E-state index in [0.29, 0.717) is 6.54 Å². The molecular formula is C19H27N3O. The Hall–Kier alpha value is -1.81. The minimum absolute atomic E-state index is 0.169. The number of carbonyl (C=O) groups is 1. The molecule has 23 heavy (non-hydrogen) atoms. The average molecular weight is 313 g/mol. The van der Waals surface area contributed by atoms with Gasteiger partial charge in [0.1, 0.15) is 6.54 Å². The third kappa shape index (κ3) is 3.13. The van der Waals surface area contributed by atoms with E-state index in [2.05, 4.69) is 36.6 Å². The first-order valence-corrected chi connectivity index (χ1v) is 8.72. The van der Waals surface area contributed by atoms with Crippen molar-refractivity contribution in [3.05, 3.63) is 35.5 Å². The van der Waals surface area contributed by atoms with Gasteiger partial charge in [-0.1, -0.05) is 25.1 Å². The first-order valence-electron chi connectivity index (χ1n) is 8.72. The highest BCUT2D eigenvalue weighted by molar-refractivity contribution is 5.87. The van der Waals surface area contributed by atoms with Crippen LogP contribution >= 0.6 is 0 Å².